The molecule has 3 rings (SSSR count). The summed E-state index contributed by atoms with van der Waals surface area (Å²) in [5.74, 6) is 0.421. The van der Waals surface area contributed by atoms with Crippen molar-refractivity contribution in [2.24, 2.45) is 0 Å². The Balaban J connectivity index is 1.98. The Morgan fingerprint density at radius 3 is 2.48 bits per heavy atom. The number of aromatic nitrogens is 1. The van der Waals surface area contributed by atoms with Crippen LogP contribution >= 0.6 is 0 Å². The van der Waals surface area contributed by atoms with Crippen LogP contribution in [0.3, 0.4) is 0 Å². The number of ether oxygens (including phenoxy) is 2. The molecular weight excluding hydrogens is 375 g/mol. The van der Waals surface area contributed by atoms with Gasteiger partial charge in [-0.2, -0.15) is 0 Å². The number of nitrogens with one attached hydrogen (secondary N) is 1. The number of halogens is 1. The lowest BCUT2D eigenvalue weighted by atomic mass is 10.1. The molecule has 0 atom stereocenters. The lowest BCUT2D eigenvalue weighted by Gasteiger charge is -2.11. The molecule has 9 heteroatoms. The van der Waals surface area contributed by atoms with Crippen LogP contribution in [-0.2, 0) is 10.0 Å². The Kier molecular flexibility index (Phi) is 5.04. The number of aryl methyl sites for hydroxylation is 1. The van der Waals surface area contributed by atoms with E-state index < -0.39 is 15.8 Å². The molecule has 0 spiro atoms. The van der Waals surface area contributed by atoms with E-state index in [1.807, 2.05) is 0 Å². The first-order valence-electron chi connectivity index (χ1n) is 7.81. The van der Waals surface area contributed by atoms with Gasteiger partial charge in [-0.3, -0.25) is 0 Å². The number of benzene rings is 2. The molecule has 0 saturated heterocycles. The maximum absolute atomic E-state index is 13.3. The summed E-state index contributed by atoms with van der Waals surface area (Å²) >= 11 is 0. The fraction of sp³-hybridized carbons (Fsp3) is 0.167. The smallest absolute Gasteiger partial charge is 0.264 e. The summed E-state index contributed by atoms with van der Waals surface area (Å²) in [5.41, 5.74) is 1.30. The fourth-order valence-corrected chi connectivity index (χ4v) is 3.85. The highest BCUT2D eigenvalue weighted by atomic mass is 32.2. The number of hydrogen-bond donors (Lipinski definition) is 1. The molecule has 1 aromatic heterocycles. The third-order valence-corrected chi connectivity index (χ3v) is 5.41. The second-order valence-electron chi connectivity index (χ2n) is 5.65. The number of anilines is 1. The summed E-state index contributed by atoms with van der Waals surface area (Å²) in [6.07, 6.45) is 1.39. The zero-order valence-corrected chi connectivity index (χ0v) is 15.6. The molecule has 7 nitrogen and oxygen atoms in total. The first-order chi connectivity index (χ1) is 12.9. The summed E-state index contributed by atoms with van der Waals surface area (Å²) in [6.45, 7) is 1.51. The molecule has 0 aliphatic rings. The zero-order valence-electron chi connectivity index (χ0n) is 14.8. The van der Waals surface area contributed by atoms with Gasteiger partial charge in [0.15, 0.2) is 11.5 Å². The van der Waals surface area contributed by atoms with E-state index in [-0.39, 0.29) is 16.3 Å². The van der Waals surface area contributed by atoms with Crippen molar-refractivity contribution in [1.82, 2.24) is 5.16 Å². The van der Waals surface area contributed by atoms with Crippen molar-refractivity contribution in [2.45, 2.75) is 11.8 Å². The predicted molar refractivity (Wildman–Crippen MR) is 97.0 cm³/mol. The van der Waals surface area contributed by atoms with E-state index in [1.54, 1.807) is 18.2 Å². The topological polar surface area (TPSA) is 90.7 Å². The van der Waals surface area contributed by atoms with Gasteiger partial charge in [-0.15, -0.1) is 0 Å². The molecule has 1 heterocycles. The van der Waals surface area contributed by atoms with E-state index in [0.717, 1.165) is 12.1 Å². The van der Waals surface area contributed by atoms with Crippen molar-refractivity contribution < 1.29 is 26.8 Å². The van der Waals surface area contributed by atoms with E-state index in [1.165, 1.54) is 33.4 Å². The number of rotatable bonds is 6. The monoisotopic (exact) mass is 392 g/mol. The van der Waals surface area contributed by atoms with Gasteiger partial charge in [-0.05, 0) is 48.4 Å². The van der Waals surface area contributed by atoms with Gasteiger partial charge in [0.25, 0.3) is 10.0 Å². The van der Waals surface area contributed by atoms with E-state index in [9.17, 15) is 12.8 Å². The lowest BCUT2D eigenvalue weighted by Crippen LogP contribution is -2.14. The summed E-state index contributed by atoms with van der Waals surface area (Å²) in [4.78, 5) is -0.0569. The van der Waals surface area contributed by atoms with Crippen LogP contribution in [0.5, 0.6) is 11.5 Å². The van der Waals surface area contributed by atoms with Gasteiger partial charge in [0.2, 0.25) is 5.88 Å². The minimum Gasteiger partial charge on any atom is -0.493 e. The van der Waals surface area contributed by atoms with Gasteiger partial charge in [0, 0.05) is 0 Å². The lowest BCUT2D eigenvalue weighted by molar-refractivity contribution is 0.355. The van der Waals surface area contributed by atoms with Crippen LogP contribution in [0.4, 0.5) is 10.3 Å². The maximum Gasteiger partial charge on any atom is 0.264 e. The van der Waals surface area contributed by atoms with E-state index >= 15 is 0 Å². The van der Waals surface area contributed by atoms with Crippen LogP contribution in [0.1, 0.15) is 5.56 Å². The summed E-state index contributed by atoms with van der Waals surface area (Å²) in [6, 6.07) is 8.49. The highest BCUT2D eigenvalue weighted by Gasteiger charge is 2.22. The summed E-state index contributed by atoms with van der Waals surface area (Å²) in [5, 5.41) is 3.68. The molecule has 0 aliphatic heterocycles. The van der Waals surface area contributed by atoms with E-state index in [4.69, 9.17) is 14.0 Å². The van der Waals surface area contributed by atoms with Crippen LogP contribution in [0.2, 0.25) is 0 Å². The highest BCUT2D eigenvalue weighted by molar-refractivity contribution is 7.92. The Labute approximate surface area is 155 Å². The highest BCUT2D eigenvalue weighted by Crippen LogP contribution is 2.36. The number of hydrogen-bond acceptors (Lipinski definition) is 6. The first kappa shape index (κ1) is 18.7. The molecule has 0 fully saturated rings. The van der Waals surface area contributed by atoms with Crippen molar-refractivity contribution in [2.75, 3.05) is 18.9 Å². The Bertz CT molecular complexity index is 1080. The van der Waals surface area contributed by atoms with Crippen LogP contribution in [-0.4, -0.2) is 27.8 Å². The van der Waals surface area contributed by atoms with Crippen molar-refractivity contribution in [3.63, 3.8) is 0 Å². The molecule has 0 amide bonds. The largest absolute Gasteiger partial charge is 0.493 e. The molecular formula is C18H17FN2O5S. The third kappa shape index (κ3) is 3.72. The zero-order chi connectivity index (χ0) is 19.6. The van der Waals surface area contributed by atoms with E-state index in [0.29, 0.717) is 22.6 Å². The SMILES string of the molecule is COc1ccc(-c2cnoc2NS(=O)(=O)c2ccc(F)cc2C)cc1OC. The van der Waals surface area contributed by atoms with Crippen LogP contribution in [0.25, 0.3) is 11.1 Å². The molecule has 2 aromatic carbocycles. The average molecular weight is 392 g/mol. The molecule has 27 heavy (non-hydrogen) atoms. The minimum absolute atomic E-state index is 0.0569. The molecule has 142 valence electrons. The quantitative estimate of drug-likeness (QED) is 0.689. The average Bonchev–Trinajstić information content (AvgIpc) is 3.08. The summed E-state index contributed by atoms with van der Waals surface area (Å²) in [7, 11) is -0.984. The maximum atomic E-state index is 13.3. The Morgan fingerprint density at radius 2 is 1.81 bits per heavy atom. The van der Waals surface area contributed by atoms with Gasteiger partial charge in [-0.25, -0.2) is 17.5 Å². The Morgan fingerprint density at radius 1 is 1.07 bits per heavy atom. The molecule has 0 aliphatic carbocycles. The van der Waals surface area contributed by atoms with Crippen LogP contribution in [0, 0.1) is 12.7 Å². The molecule has 0 radical (unpaired) electrons. The van der Waals surface area contributed by atoms with Gasteiger partial charge < -0.3 is 14.0 Å². The fourth-order valence-electron chi connectivity index (χ4n) is 2.61. The molecule has 3 aromatic rings. The standard InChI is InChI=1S/C18H17FN2O5S/c1-11-8-13(19)5-7-17(11)27(22,23)21-18-14(10-20-26-18)12-4-6-15(24-2)16(9-12)25-3/h4-10,21H,1-3H3. The van der Waals surface area contributed by atoms with Crippen molar-refractivity contribution in [3.8, 4) is 22.6 Å². The minimum atomic E-state index is -4.00. The van der Waals surface area contributed by atoms with Gasteiger partial charge >= 0.3 is 0 Å². The van der Waals surface area contributed by atoms with Crippen LogP contribution < -0.4 is 14.2 Å². The van der Waals surface area contributed by atoms with Gasteiger partial charge in [0.05, 0.1) is 30.9 Å². The molecule has 0 saturated carbocycles. The van der Waals surface area contributed by atoms with Crippen molar-refractivity contribution in [1.29, 1.82) is 0 Å². The Hall–Kier alpha value is -3.07. The predicted octanol–water partition coefficient (Wildman–Crippen LogP) is 3.61. The molecule has 1 N–H and O–H groups in total. The summed E-state index contributed by atoms with van der Waals surface area (Å²) < 4.78 is 56.5. The van der Waals surface area contributed by atoms with Crippen molar-refractivity contribution in [3.05, 3.63) is 54.0 Å². The number of nitrogens with zero attached hydrogens (tertiary/aromatic N) is 1. The normalized spacial score (nSPS) is 11.3. The van der Waals surface area contributed by atoms with Gasteiger partial charge in [-0.1, -0.05) is 11.2 Å². The number of sulfonamides is 1. The molecule has 0 bridgehead atoms. The van der Waals surface area contributed by atoms with E-state index in [2.05, 4.69) is 9.88 Å². The third-order valence-electron chi connectivity index (χ3n) is 3.92. The second kappa shape index (κ2) is 7.28. The van der Waals surface area contributed by atoms with Crippen LogP contribution in [0.15, 0.2) is 52.0 Å². The first-order valence-corrected chi connectivity index (χ1v) is 9.30. The number of methoxy groups -OCH3 is 2. The van der Waals surface area contributed by atoms with Crippen molar-refractivity contribution >= 4 is 15.9 Å². The molecule has 0 unspecified atom stereocenters. The second-order valence-corrected chi connectivity index (χ2v) is 7.30. The van der Waals surface area contributed by atoms with Gasteiger partial charge in [0.1, 0.15) is 5.82 Å².